The highest BCUT2D eigenvalue weighted by molar-refractivity contribution is 5.95. The smallest absolute Gasteiger partial charge is 0.319 e. The van der Waals surface area contributed by atoms with Gasteiger partial charge in [-0.1, -0.05) is 120 Å². The lowest BCUT2D eigenvalue weighted by Crippen LogP contribution is -2.48. The molecule has 0 saturated carbocycles. The third-order valence-electron chi connectivity index (χ3n) is 6.95. The summed E-state index contributed by atoms with van der Waals surface area (Å²) in [5.74, 6) is 0.561. The monoisotopic (exact) mass is 513 g/mol. The molecular formula is C33H43N3O2. The van der Waals surface area contributed by atoms with E-state index in [1.54, 1.807) is 0 Å². The van der Waals surface area contributed by atoms with Gasteiger partial charge in [0.1, 0.15) is 6.04 Å². The van der Waals surface area contributed by atoms with Crippen LogP contribution < -0.4 is 16.0 Å². The summed E-state index contributed by atoms with van der Waals surface area (Å²) >= 11 is 0. The number of amides is 3. The van der Waals surface area contributed by atoms with Crippen molar-refractivity contribution in [1.82, 2.24) is 10.6 Å². The molecule has 0 bridgehead atoms. The van der Waals surface area contributed by atoms with E-state index >= 15 is 0 Å². The summed E-state index contributed by atoms with van der Waals surface area (Å²) in [7, 11) is 0. The number of para-hydroxylation sites is 1. The van der Waals surface area contributed by atoms with Gasteiger partial charge in [0.2, 0.25) is 5.91 Å². The average Bonchev–Trinajstić information content (AvgIpc) is 2.91. The van der Waals surface area contributed by atoms with Crippen molar-refractivity contribution in [2.24, 2.45) is 0 Å². The minimum Gasteiger partial charge on any atom is -0.354 e. The van der Waals surface area contributed by atoms with Crippen LogP contribution in [-0.4, -0.2) is 24.5 Å². The number of hydrogen-bond donors (Lipinski definition) is 3. The highest BCUT2D eigenvalue weighted by Gasteiger charge is 2.22. The lowest BCUT2D eigenvalue weighted by Gasteiger charge is -2.23. The van der Waals surface area contributed by atoms with E-state index in [0.717, 1.165) is 29.7 Å². The van der Waals surface area contributed by atoms with Gasteiger partial charge in [-0.3, -0.25) is 4.79 Å². The van der Waals surface area contributed by atoms with Gasteiger partial charge < -0.3 is 16.0 Å². The largest absolute Gasteiger partial charge is 0.354 e. The Kier molecular flexibility index (Phi) is 11.0. The van der Waals surface area contributed by atoms with Gasteiger partial charge in [-0.05, 0) is 46.9 Å². The molecule has 1 unspecified atom stereocenters. The van der Waals surface area contributed by atoms with Crippen LogP contribution in [0.3, 0.4) is 0 Å². The summed E-state index contributed by atoms with van der Waals surface area (Å²) in [4.78, 5) is 26.3. The zero-order chi connectivity index (χ0) is 27.5. The normalized spacial score (nSPS) is 12.0. The Balaban J connectivity index is 1.66. The second kappa shape index (κ2) is 14.4. The highest BCUT2D eigenvalue weighted by Crippen LogP contribution is 2.32. The summed E-state index contributed by atoms with van der Waals surface area (Å²) in [6, 6.07) is 26.0. The van der Waals surface area contributed by atoms with Crippen molar-refractivity contribution in [3.8, 4) is 0 Å². The first-order valence-corrected chi connectivity index (χ1v) is 13.9. The third kappa shape index (κ3) is 7.95. The Morgan fingerprint density at radius 1 is 0.711 bits per heavy atom. The Labute approximate surface area is 228 Å². The van der Waals surface area contributed by atoms with Gasteiger partial charge in [-0.2, -0.15) is 0 Å². The second-order valence-electron chi connectivity index (χ2n) is 10.5. The number of anilines is 1. The van der Waals surface area contributed by atoms with Crippen molar-refractivity contribution in [1.29, 1.82) is 0 Å². The number of nitrogens with one attached hydrogen (secondary N) is 3. The first-order valence-electron chi connectivity index (χ1n) is 13.9. The predicted molar refractivity (Wildman–Crippen MR) is 158 cm³/mol. The molecule has 0 aliphatic rings. The van der Waals surface area contributed by atoms with E-state index in [4.69, 9.17) is 0 Å². The van der Waals surface area contributed by atoms with Gasteiger partial charge in [-0.15, -0.1) is 0 Å². The first-order chi connectivity index (χ1) is 18.3. The molecule has 3 amide bonds. The van der Waals surface area contributed by atoms with Crippen LogP contribution in [0.5, 0.6) is 0 Å². The van der Waals surface area contributed by atoms with E-state index in [-0.39, 0.29) is 29.7 Å². The van der Waals surface area contributed by atoms with Crippen LogP contribution in [0.2, 0.25) is 0 Å². The fraction of sp³-hybridized carbons (Fsp3) is 0.394. The van der Waals surface area contributed by atoms with E-state index in [1.165, 1.54) is 11.1 Å². The number of urea groups is 1. The second-order valence-corrected chi connectivity index (χ2v) is 10.5. The number of rotatable bonds is 12. The molecule has 202 valence electrons. The van der Waals surface area contributed by atoms with E-state index in [0.29, 0.717) is 13.0 Å². The minimum absolute atomic E-state index is 0.150. The molecule has 0 fully saturated rings. The first kappa shape index (κ1) is 29.0. The summed E-state index contributed by atoms with van der Waals surface area (Å²) in [5, 5.41) is 9.10. The van der Waals surface area contributed by atoms with Crippen LogP contribution in [0.25, 0.3) is 0 Å². The van der Waals surface area contributed by atoms with Crippen molar-refractivity contribution in [2.45, 2.75) is 77.7 Å². The van der Waals surface area contributed by atoms with Crippen LogP contribution in [0.4, 0.5) is 10.5 Å². The molecule has 0 spiro atoms. The van der Waals surface area contributed by atoms with Crippen molar-refractivity contribution in [2.75, 3.05) is 11.9 Å². The lowest BCUT2D eigenvalue weighted by molar-refractivity contribution is -0.123. The van der Waals surface area contributed by atoms with Crippen LogP contribution in [0.15, 0.2) is 78.9 Å². The minimum atomic E-state index is -0.597. The SMILES string of the molecule is CCCC(NC(=O)Nc1c(C(C)C)cccc1C(C)C)C(=O)NCCC(c1ccccc1)c1ccccc1. The van der Waals surface area contributed by atoms with Crippen molar-refractivity contribution < 1.29 is 9.59 Å². The molecule has 0 radical (unpaired) electrons. The maximum Gasteiger partial charge on any atom is 0.319 e. The molecule has 0 aliphatic heterocycles. The van der Waals surface area contributed by atoms with Gasteiger partial charge in [0, 0.05) is 18.2 Å². The van der Waals surface area contributed by atoms with E-state index in [9.17, 15) is 9.59 Å². The van der Waals surface area contributed by atoms with Gasteiger partial charge in [-0.25, -0.2) is 4.79 Å². The molecule has 38 heavy (non-hydrogen) atoms. The van der Waals surface area contributed by atoms with Crippen LogP contribution >= 0.6 is 0 Å². The van der Waals surface area contributed by atoms with E-state index in [1.807, 2.05) is 49.4 Å². The summed E-state index contributed by atoms with van der Waals surface area (Å²) < 4.78 is 0. The Hall–Kier alpha value is -3.60. The van der Waals surface area contributed by atoms with Gasteiger partial charge in [0.15, 0.2) is 0 Å². The van der Waals surface area contributed by atoms with Gasteiger partial charge in [0.05, 0.1) is 0 Å². The molecule has 5 nitrogen and oxygen atoms in total. The number of carbonyl (C=O) groups is 2. The van der Waals surface area contributed by atoms with E-state index in [2.05, 4.69) is 80.0 Å². The standard InChI is InChI=1S/C33H43N3O2/c1-6-14-30(35-33(38)36-31-27(23(2)3)19-13-20-28(31)24(4)5)32(37)34-22-21-29(25-15-9-7-10-16-25)26-17-11-8-12-18-26/h7-13,15-20,23-24,29-30H,6,14,21-22H2,1-5H3,(H,34,37)(H2,35,36,38). The third-order valence-corrected chi connectivity index (χ3v) is 6.95. The molecule has 0 saturated heterocycles. The number of hydrogen-bond acceptors (Lipinski definition) is 2. The van der Waals surface area contributed by atoms with Gasteiger partial charge in [0.25, 0.3) is 0 Å². The van der Waals surface area contributed by atoms with Crippen molar-refractivity contribution in [3.05, 3.63) is 101 Å². The Bertz CT molecular complexity index is 1090. The highest BCUT2D eigenvalue weighted by atomic mass is 16.2. The predicted octanol–water partition coefficient (Wildman–Crippen LogP) is 7.56. The van der Waals surface area contributed by atoms with Crippen LogP contribution in [0.1, 0.15) is 93.9 Å². The number of carbonyl (C=O) groups excluding carboxylic acids is 2. The average molecular weight is 514 g/mol. The molecule has 3 aromatic carbocycles. The quantitative estimate of drug-likeness (QED) is 0.234. The Morgan fingerprint density at radius 3 is 1.71 bits per heavy atom. The molecule has 3 aromatic rings. The molecule has 5 heteroatoms. The molecule has 3 rings (SSSR count). The topological polar surface area (TPSA) is 70.2 Å². The molecule has 3 N–H and O–H groups in total. The van der Waals surface area contributed by atoms with Crippen LogP contribution in [-0.2, 0) is 4.79 Å². The Morgan fingerprint density at radius 2 is 1.24 bits per heavy atom. The zero-order valence-electron chi connectivity index (χ0n) is 23.5. The fourth-order valence-electron chi connectivity index (χ4n) is 4.92. The molecular weight excluding hydrogens is 470 g/mol. The molecule has 0 aliphatic carbocycles. The molecule has 1 atom stereocenters. The maximum absolute atomic E-state index is 13.2. The number of benzene rings is 3. The summed E-state index contributed by atoms with van der Waals surface area (Å²) in [6.45, 7) is 11.0. The lowest BCUT2D eigenvalue weighted by atomic mass is 9.88. The molecule has 0 heterocycles. The fourth-order valence-corrected chi connectivity index (χ4v) is 4.92. The van der Waals surface area contributed by atoms with Gasteiger partial charge >= 0.3 is 6.03 Å². The maximum atomic E-state index is 13.2. The van der Waals surface area contributed by atoms with E-state index < -0.39 is 6.04 Å². The van der Waals surface area contributed by atoms with Crippen molar-refractivity contribution in [3.63, 3.8) is 0 Å². The molecule has 0 aromatic heterocycles. The van der Waals surface area contributed by atoms with Crippen molar-refractivity contribution >= 4 is 17.6 Å². The summed E-state index contributed by atoms with van der Waals surface area (Å²) in [6.07, 6.45) is 2.13. The summed E-state index contributed by atoms with van der Waals surface area (Å²) in [5.41, 5.74) is 5.48. The zero-order valence-corrected chi connectivity index (χ0v) is 23.5. The van der Waals surface area contributed by atoms with Crippen LogP contribution in [0, 0.1) is 0 Å².